The second-order valence-electron chi connectivity index (χ2n) is 8.63. The van der Waals surface area contributed by atoms with Gasteiger partial charge < -0.3 is 4.90 Å². The molecule has 2 aliphatic rings. The van der Waals surface area contributed by atoms with Gasteiger partial charge in [-0.2, -0.15) is 0 Å². The van der Waals surface area contributed by atoms with Gasteiger partial charge in [-0.1, -0.05) is 42.5 Å². The first-order valence-corrected chi connectivity index (χ1v) is 12.5. The number of piperidine rings is 1. The molecule has 0 radical (unpaired) electrons. The Morgan fingerprint density at radius 3 is 2.19 bits per heavy atom. The molecular formula is C26H30N2O3S. The van der Waals surface area contributed by atoms with Crippen LogP contribution < -0.4 is 0 Å². The van der Waals surface area contributed by atoms with Gasteiger partial charge in [0.05, 0.1) is 16.4 Å². The van der Waals surface area contributed by atoms with Gasteiger partial charge >= 0.3 is 0 Å². The van der Waals surface area contributed by atoms with E-state index in [0.717, 1.165) is 38.1 Å². The highest BCUT2D eigenvalue weighted by atomic mass is 32.2. The average molecular weight is 451 g/mol. The van der Waals surface area contributed by atoms with E-state index in [4.69, 9.17) is 0 Å². The maximum absolute atomic E-state index is 12.9. The number of carbonyl (C=O) groups excluding carboxylic acids is 3. The number of nitrogens with zero attached hydrogens (tertiary/aromatic N) is 2. The highest BCUT2D eigenvalue weighted by Crippen LogP contribution is 2.25. The molecule has 1 fully saturated rings. The van der Waals surface area contributed by atoms with E-state index in [1.165, 1.54) is 10.5 Å². The number of fused-ring (bicyclic) bond motifs is 1. The van der Waals surface area contributed by atoms with Crippen LogP contribution in [0.2, 0.25) is 0 Å². The molecule has 4 rings (SSSR count). The number of hydrogen-bond donors (Lipinski definition) is 0. The van der Waals surface area contributed by atoms with Crippen LogP contribution in [0.1, 0.15) is 52.5 Å². The summed E-state index contributed by atoms with van der Waals surface area (Å²) in [6.45, 7) is 4.02. The Hall–Kier alpha value is -2.60. The number of hydrogen-bond acceptors (Lipinski definition) is 4. The van der Waals surface area contributed by atoms with Crippen LogP contribution in [0.15, 0.2) is 54.6 Å². The molecule has 0 aliphatic carbocycles. The molecule has 5 nitrogen and oxygen atoms in total. The minimum Gasteiger partial charge on any atom is -0.342 e. The SMILES string of the molecule is CC(SCCCN1C(=O)c2ccccc2C1=O)C(=O)N1CCC(Cc2ccccc2)CC1. The Balaban J connectivity index is 1.17. The fraction of sp³-hybridized carbons (Fsp3) is 0.423. The molecule has 0 spiro atoms. The Labute approximate surface area is 194 Å². The summed E-state index contributed by atoms with van der Waals surface area (Å²) in [6.07, 6.45) is 3.88. The molecule has 32 heavy (non-hydrogen) atoms. The van der Waals surface area contributed by atoms with Crippen LogP contribution in [0, 0.1) is 5.92 Å². The van der Waals surface area contributed by atoms with Crippen molar-refractivity contribution >= 4 is 29.5 Å². The van der Waals surface area contributed by atoms with E-state index in [2.05, 4.69) is 24.3 Å². The first-order valence-electron chi connectivity index (χ1n) is 11.4. The fourth-order valence-electron chi connectivity index (χ4n) is 4.56. The predicted octanol–water partition coefficient (Wildman–Crippen LogP) is 4.28. The molecule has 6 heteroatoms. The van der Waals surface area contributed by atoms with Crippen molar-refractivity contribution in [2.75, 3.05) is 25.4 Å². The lowest BCUT2D eigenvalue weighted by Gasteiger charge is -2.33. The van der Waals surface area contributed by atoms with Crippen molar-refractivity contribution in [1.29, 1.82) is 0 Å². The average Bonchev–Trinajstić information content (AvgIpc) is 3.07. The lowest BCUT2D eigenvalue weighted by atomic mass is 9.90. The Morgan fingerprint density at radius 1 is 0.969 bits per heavy atom. The Morgan fingerprint density at radius 2 is 1.56 bits per heavy atom. The van der Waals surface area contributed by atoms with Crippen molar-refractivity contribution in [1.82, 2.24) is 9.80 Å². The van der Waals surface area contributed by atoms with E-state index in [0.29, 0.717) is 30.0 Å². The van der Waals surface area contributed by atoms with Gasteiger partial charge in [0.25, 0.3) is 11.8 Å². The number of carbonyl (C=O) groups is 3. The first-order chi connectivity index (χ1) is 15.5. The summed E-state index contributed by atoms with van der Waals surface area (Å²) >= 11 is 1.61. The van der Waals surface area contributed by atoms with Crippen molar-refractivity contribution in [2.45, 2.75) is 37.9 Å². The molecule has 1 atom stereocenters. The van der Waals surface area contributed by atoms with Gasteiger partial charge in [-0.3, -0.25) is 19.3 Å². The van der Waals surface area contributed by atoms with Crippen molar-refractivity contribution < 1.29 is 14.4 Å². The molecule has 0 N–H and O–H groups in total. The third-order valence-corrected chi connectivity index (χ3v) is 7.64. The van der Waals surface area contributed by atoms with E-state index >= 15 is 0 Å². The van der Waals surface area contributed by atoms with Gasteiger partial charge in [-0.15, -0.1) is 11.8 Å². The molecule has 0 aromatic heterocycles. The van der Waals surface area contributed by atoms with Gasteiger partial charge in [0, 0.05) is 19.6 Å². The number of thioether (sulfide) groups is 1. The largest absolute Gasteiger partial charge is 0.342 e. The number of amides is 3. The molecule has 1 unspecified atom stereocenters. The molecule has 168 valence electrons. The van der Waals surface area contributed by atoms with Gasteiger partial charge in [0.1, 0.15) is 0 Å². The van der Waals surface area contributed by atoms with E-state index in [1.807, 2.05) is 17.9 Å². The van der Waals surface area contributed by atoms with Crippen LogP contribution in [0.4, 0.5) is 0 Å². The van der Waals surface area contributed by atoms with E-state index in [1.54, 1.807) is 36.0 Å². The predicted molar refractivity (Wildman–Crippen MR) is 128 cm³/mol. The topological polar surface area (TPSA) is 57.7 Å². The molecule has 0 bridgehead atoms. The zero-order chi connectivity index (χ0) is 22.5. The van der Waals surface area contributed by atoms with Gasteiger partial charge in [0.2, 0.25) is 5.91 Å². The van der Waals surface area contributed by atoms with Crippen molar-refractivity contribution in [3.05, 3.63) is 71.3 Å². The van der Waals surface area contributed by atoms with Crippen LogP contribution in [-0.2, 0) is 11.2 Å². The Kier molecular flexibility index (Phi) is 7.30. The lowest BCUT2D eigenvalue weighted by Crippen LogP contribution is -2.42. The summed E-state index contributed by atoms with van der Waals surface area (Å²) < 4.78 is 0. The molecule has 2 heterocycles. The van der Waals surface area contributed by atoms with E-state index in [9.17, 15) is 14.4 Å². The van der Waals surface area contributed by atoms with Crippen LogP contribution in [-0.4, -0.2) is 58.2 Å². The minimum atomic E-state index is -0.210. The molecule has 3 amide bonds. The van der Waals surface area contributed by atoms with Gasteiger partial charge in [-0.05, 0) is 62.0 Å². The number of benzene rings is 2. The van der Waals surface area contributed by atoms with Crippen LogP contribution in [0.3, 0.4) is 0 Å². The standard InChI is InChI=1S/C26H30N2O3S/c1-19(24(29)27-15-12-21(13-16-27)18-20-8-3-2-4-9-20)32-17-7-14-28-25(30)22-10-5-6-11-23(22)26(28)31/h2-6,8-11,19,21H,7,12-18H2,1H3. The minimum absolute atomic E-state index is 0.108. The second kappa shape index (κ2) is 10.3. The molecule has 2 aromatic carbocycles. The van der Waals surface area contributed by atoms with Crippen LogP contribution in [0.5, 0.6) is 0 Å². The number of imide groups is 1. The molecule has 2 aliphatic heterocycles. The highest BCUT2D eigenvalue weighted by molar-refractivity contribution is 8.00. The molecule has 0 saturated carbocycles. The fourth-order valence-corrected chi connectivity index (χ4v) is 5.50. The molecule has 1 saturated heterocycles. The zero-order valence-corrected chi connectivity index (χ0v) is 19.4. The Bertz CT molecular complexity index is 935. The van der Waals surface area contributed by atoms with Crippen molar-refractivity contribution in [3.8, 4) is 0 Å². The summed E-state index contributed by atoms with van der Waals surface area (Å²) in [5, 5.41) is -0.108. The second-order valence-corrected chi connectivity index (χ2v) is 10.1. The number of rotatable bonds is 8. The van der Waals surface area contributed by atoms with Gasteiger partial charge in [0.15, 0.2) is 0 Å². The summed E-state index contributed by atoms with van der Waals surface area (Å²) in [4.78, 5) is 41.0. The van der Waals surface area contributed by atoms with Crippen LogP contribution in [0.25, 0.3) is 0 Å². The van der Waals surface area contributed by atoms with E-state index in [-0.39, 0.29) is 23.0 Å². The lowest BCUT2D eigenvalue weighted by molar-refractivity contribution is -0.131. The maximum atomic E-state index is 12.9. The third-order valence-electron chi connectivity index (χ3n) is 6.41. The van der Waals surface area contributed by atoms with Crippen LogP contribution >= 0.6 is 11.8 Å². The zero-order valence-electron chi connectivity index (χ0n) is 18.5. The molecule has 2 aromatic rings. The first kappa shape index (κ1) is 22.6. The summed E-state index contributed by atoms with van der Waals surface area (Å²) in [6, 6.07) is 17.5. The summed E-state index contributed by atoms with van der Waals surface area (Å²) in [5.41, 5.74) is 2.35. The summed E-state index contributed by atoms with van der Waals surface area (Å²) in [7, 11) is 0. The number of likely N-dealkylation sites (tertiary alicyclic amines) is 1. The normalized spacial score (nSPS) is 17.5. The smallest absolute Gasteiger partial charge is 0.261 e. The monoisotopic (exact) mass is 450 g/mol. The molecular weight excluding hydrogens is 420 g/mol. The maximum Gasteiger partial charge on any atom is 0.261 e. The van der Waals surface area contributed by atoms with E-state index < -0.39 is 0 Å². The third kappa shape index (κ3) is 5.07. The van der Waals surface area contributed by atoms with Crippen molar-refractivity contribution in [2.24, 2.45) is 5.92 Å². The quantitative estimate of drug-likeness (QED) is 0.445. The van der Waals surface area contributed by atoms with Crippen molar-refractivity contribution in [3.63, 3.8) is 0 Å². The highest BCUT2D eigenvalue weighted by Gasteiger charge is 2.34. The summed E-state index contributed by atoms with van der Waals surface area (Å²) in [5.74, 6) is 1.17. The van der Waals surface area contributed by atoms with Gasteiger partial charge in [-0.25, -0.2) is 0 Å².